The summed E-state index contributed by atoms with van der Waals surface area (Å²) < 4.78 is 0. The van der Waals surface area contributed by atoms with E-state index in [2.05, 4.69) is 0 Å². The van der Waals surface area contributed by atoms with Crippen molar-refractivity contribution in [3.63, 3.8) is 0 Å². The van der Waals surface area contributed by atoms with Crippen LogP contribution in [0.1, 0.15) is 6.92 Å². The Labute approximate surface area is 53.8 Å². The first kappa shape index (κ1) is 15.7. The third-order valence-corrected chi connectivity index (χ3v) is 0.372. The maximum absolute atomic E-state index is 4.96. The summed E-state index contributed by atoms with van der Waals surface area (Å²) in [6, 6.07) is 0. The Morgan fingerprint density at radius 3 is 2.00 bits per heavy atom. The summed E-state index contributed by atoms with van der Waals surface area (Å²) in [6.45, 7) is 2.04. The van der Waals surface area contributed by atoms with Crippen LogP contribution in [0.5, 0.6) is 0 Å². The average molecular weight is 116 g/mol. The summed E-state index contributed by atoms with van der Waals surface area (Å²) in [4.78, 5) is 0. The monoisotopic (exact) mass is 116 g/mol. The van der Waals surface area contributed by atoms with Crippen LogP contribution in [0.25, 0.3) is 0 Å². The van der Waals surface area contributed by atoms with E-state index >= 15 is 0 Å². The van der Waals surface area contributed by atoms with Crippen molar-refractivity contribution >= 4 is 34.4 Å². The average Bonchev–Trinajstić information content (AvgIpc) is 1.41. The molecular weight excluding hydrogens is 108 g/mol. The fourth-order valence-corrected chi connectivity index (χ4v) is 0.136. The second-order valence-electron chi connectivity index (χ2n) is 0.836. The van der Waals surface area contributed by atoms with Gasteiger partial charge in [-0.25, -0.2) is 0 Å². The fraction of sp³-hybridized carbons (Fsp3) is 1.00. The van der Waals surface area contributed by atoms with E-state index in [4.69, 9.17) is 7.74 Å². The molecule has 1 nitrogen and oxygen atoms in total. The zero-order valence-corrected chi connectivity index (χ0v) is 5.16. The smallest absolute Gasteiger partial charge is 0.0541 e. The van der Waals surface area contributed by atoms with Gasteiger partial charge in [0.25, 0.3) is 0 Å². The Bertz CT molecular complexity index is 20.4. The molecule has 0 saturated heterocycles. The molecule has 0 rings (SSSR count). The lowest BCUT2D eigenvalue weighted by molar-refractivity contribution is 0.824. The molecule has 2 N–H and O–H groups in total. The largest absolute Gasteiger partial charge is 0.412 e. The molecule has 0 unspecified atom stereocenters. The minimum atomic E-state index is 0. The Hall–Kier alpha value is 0.445. The molecule has 7 heavy (non-hydrogen) atoms. The van der Waals surface area contributed by atoms with Crippen molar-refractivity contribution in [2.75, 3.05) is 0 Å². The molecule has 4 radical (unpaired) electrons. The minimum Gasteiger partial charge on any atom is -0.412 e. The van der Waals surface area contributed by atoms with Gasteiger partial charge in [-0.3, -0.25) is 0 Å². The van der Waals surface area contributed by atoms with Crippen LogP contribution in [-0.4, -0.2) is 27.4 Å². The van der Waals surface area contributed by atoms with Gasteiger partial charge in [-0.1, -0.05) is 13.2 Å². The molecule has 0 atom stereocenters. The van der Waals surface area contributed by atoms with Gasteiger partial charge in [0, 0.05) is 14.8 Å². The molecule has 0 spiro atoms. The standard InChI is InChI=1S/C2H5B3.ClH.H2O/c1-2-4-5-3;;/h2H2,1H3;1H;1H2. The maximum Gasteiger partial charge on any atom is 0.0541 e. The molecule has 0 heterocycles. The minimum absolute atomic E-state index is 0. The van der Waals surface area contributed by atoms with E-state index in [1.54, 1.807) is 7.06 Å². The summed E-state index contributed by atoms with van der Waals surface area (Å²) in [5, 5.41) is 0. The number of hydrogen-bond acceptors (Lipinski definition) is 0. The van der Waals surface area contributed by atoms with E-state index in [9.17, 15) is 0 Å². The lowest BCUT2D eigenvalue weighted by atomic mass is 9.27. The van der Waals surface area contributed by atoms with Gasteiger partial charge in [0.2, 0.25) is 0 Å². The van der Waals surface area contributed by atoms with Crippen molar-refractivity contribution in [3.05, 3.63) is 0 Å². The number of rotatable bonds is 2. The van der Waals surface area contributed by atoms with Gasteiger partial charge < -0.3 is 5.48 Å². The highest BCUT2D eigenvalue weighted by Crippen LogP contribution is 1.63. The van der Waals surface area contributed by atoms with Gasteiger partial charge in [-0.2, -0.15) is 0 Å². The topological polar surface area (TPSA) is 31.5 Å². The molecule has 0 aliphatic rings. The van der Waals surface area contributed by atoms with Crippen molar-refractivity contribution in [1.82, 2.24) is 0 Å². The third kappa shape index (κ3) is 21.3. The predicted octanol–water partition coefficient (Wildman–Crippen LogP) is -0.571. The summed E-state index contributed by atoms with van der Waals surface area (Å²) in [6.07, 6.45) is 1.04. The summed E-state index contributed by atoms with van der Waals surface area (Å²) in [5.74, 6) is 0. The van der Waals surface area contributed by atoms with Crippen molar-refractivity contribution < 1.29 is 5.48 Å². The zero-order chi connectivity index (χ0) is 4.12. The first-order valence-electron chi connectivity index (χ1n) is 1.78. The Balaban J connectivity index is -0.0000000800. The van der Waals surface area contributed by atoms with Gasteiger partial charge in [0.05, 0.1) is 7.17 Å². The van der Waals surface area contributed by atoms with Gasteiger partial charge in [0.1, 0.15) is 0 Å². The number of halogens is 1. The first-order valence-corrected chi connectivity index (χ1v) is 1.78. The predicted molar refractivity (Wildman–Crippen MR) is 38.6 cm³/mol. The second kappa shape index (κ2) is 16.1. The molecule has 0 aromatic heterocycles. The Morgan fingerprint density at radius 1 is 1.57 bits per heavy atom. The van der Waals surface area contributed by atoms with Crippen LogP contribution < -0.4 is 0 Å². The highest BCUT2D eigenvalue weighted by Gasteiger charge is 1.73. The molecule has 0 aliphatic heterocycles. The molecule has 0 aromatic carbocycles. The quantitative estimate of drug-likeness (QED) is 0.432. The molecule has 0 saturated carbocycles. The van der Waals surface area contributed by atoms with Crippen LogP contribution in [0.2, 0.25) is 6.32 Å². The lowest BCUT2D eigenvalue weighted by Crippen LogP contribution is -1.98. The van der Waals surface area contributed by atoms with E-state index in [1.165, 1.54) is 0 Å². The highest BCUT2D eigenvalue weighted by molar-refractivity contribution is 7.23. The van der Waals surface area contributed by atoms with Crippen LogP contribution in [0.15, 0.2) is 0 Å². The van der Waals surface area contributed by atoms with Crippen LogP contribution in [0.4, 0.5) is 0 Å². The van der Waals surface area contributed by atoms with Gasteiger partial charge in [-0.05, 0) is 0 Å². The normalized spacial score (nSPS) is 4.71. The van der Waals surface area contributed by atoms with Crippen LogP contribution in [0.3, 0.4) is 0 Å². The van der Waals surface area contributed by atoms with E-state index < -0.39 is 0 Å². The second-order valence-corrected chi connectivity index (χ2v) is 0.836. The van der Waals surface area contributed by atoms with E-state index in [1.807, 2.05) is 14.1 Å². The molecule has 0 aromatic rings. The Kier molecular flexibility index (Phi) is 36.0. The highest BCUT2D eigenvalue weighted by atomic mass is 35.5. The molecule has 38 valence electrons. The molecule has 5 heteroatoms. The third-order valence-electron chi connectivity index (χ3n) is 0.372. The zero-order valence-electron chi connectivity index (χ0n) is 4.35. The van der Waals surface area contributed by atoms with Crippen LogP contribution >= 0.6 is 12.4 Å². The molecular formula is C2H8B3ClO. The molecule has 0 amide bonds. The number of hydrogen-bond donors (Lipinski definition) is 0. The Morgan fingerprint density at radius 2 is 2.00 bits per heavy atom. The van der Waals surface area contributed by atoms with E-state index in [0.717, 1.165) is 6.32 Å². The first-order chi connectivity index (χ1) is 2.41. The molecule has 0 bridgehead atoms. The van der Waals surface area contributed by atoms with E-state index in [0.29, 0.717) is 0 Å². The van der Waals surface area contributed by atoms with Crippen molar-refractivity contribution in [2.45, 2.75) is 13.2 Å². The summed E-state index contributed by atoms with van der Waals surface area (Å²) >= 11 is 0. The lowest BCUT2D eigenvalue weighted by Gasteiger charge is -1.74. The summed E-state index contributed by atoms with van der Waals surface area (Å²) in [5.41, 5.74) is 0. The van der Waals surface area contributed by atoms with Crippen LogP contribution in [0, 0.1) is 0 Å². The van der Waals surface area contributed by atoms with E-state index in [-0.39, 0.29) is 17.9 Å². The molecule has 0 aliphatic carbocycles. The van der Waals surface area contributed by atoms with Gasteiger partial charge in [0.15, 0.2) is 0 Å². The molecule has 0 fully saturated rings. The SMILES string of the molecule is Cl.O.[B][B][B]CC. The van der Waals surface area contributed by atoms with Crippen LogP contribution in [-0.2, 0) is 0 Å². The van der Waals surface area contributed by atoms with Gasteiger partial charge >= 0.3 is 0 Å². The van der Waals surface area contributed by atoms with Crippen molar-refractivity contribution in [2.24, 2.45) is 0 Å². The van der Waals surface area contributed by atoms with Crippen molar-refractivity contribution in [1.29, 1.82) is 0 Å². The fourth-order valence-electron chi connectivity index (χ4n) is 0.136. The van der Waals surface area contributed by atoms with Crippen molar-refractivity contribution in [3.8, 4) is 0 Å². The summed E-state index contributed by atoms with van der Waals surface area (Å²) in [7, 11) is 8.42. The van der Waals surface area contributed by atoms with Gasteiger partial charge in [-0.15, -0.1) is 12.4 Å². The maximum atomic E-state index is 4.96.